The number of hydrogen-bond donors (Lipinski definition) is 1. The van der Waals surface area contributed by atoms with Crippen molar-refractivity contribution in [3.63, 3.8) is 0 Å². The Morgan fingerprint density at radius 1 is 1.26 bits per heavy atom. The van der Waals surface area contributed by atoms with Crippen LogP contribution in [-0.4, -0.2) is 20.3 Å². The molecule has 0 aromatic heterocycles. The van der Waals surface area contributed by atoms with Gasteiger partial charge in [0.2, 0.25) is 10.0 Å². The predicted octanol–water partition coefficient (Wildman–Crippen LogP) is 3.21. The largest absolute Gasteiger partial charge is 0.389 e. The van der Waals surface area contributed by atoms with Gasteiger partial charge in [0.15, 0.2) is 0 Å². The van der Waals surface area contributed by atoms with Crippen LogP contribution in [0, 0.1) is 0 Å². The molecule has 108 valence electrons. The average Bonchev–Trinajstić information content (AvgIpc) is 2.24. The van der Waals surface area contributed by atoms with Gasteiger partial charge in [-0.2, -0.15) is 13.2 Å². The van der Waals surface area contributed by atoms with E-state index in [1.165, 1.54) is 0 Å². The van der Waals surface area contributed by atoms with Crippen LogP contribution >= 0.6 is 15.9 Å². The topological polar surface area (TPSA) is 46.2 Å². The summed E-state index contributed by atoms with van der Waals surface area (Å²) in [6, 6.07) is 7.00. The summed E-state index contributed by atoms with van der Waals surface area (Å²) in [5.74, 6) is -0.527. The van der Waals surface area contributed by atoms with E-state index in [4.69, 9.17) is 0 Å². The van der Waals surface area contributed by atoms with Crippen LogP contribution in [0.25, 0.3) is 0 Å². The first-order valence-electron chi connectivity index (χ1n) is 5.46. The van der Waals surface area contributed by atoms with Gasteiger partial charge in [0, 0.05) is 17.4 Å². The summed E-state index contributed by atoms with van der Waals surface area (Å²) in [5.41, 5.74) is 0.730. The number of nitrogens with one attached hydrogen (secondary N) is 1. The molecule has 0 heterocycles. The number of sulfonamides is 1. The minimum absolute atomic E-state index is 0.0633. The first kappa shape index (κ1) is 16.5. The van der Waals surface area contributed by atoms with Crippen molar-refractivity contribution < 1.29 is 21.6 Å². The van der Waals surface area contributed by atoms with Gasteiger partial charge in [-0.15, -0.1) is 0 Å². The molecule has 0 saturated carbocycles. The smallest absolute Gasteiger partial charge is 0.212 e. The molecular weight excluding hydrogens is 347 g/mol. The molecule has 0 bridgehead atoms. The van der Waals surface area contributed by atoms with Crippen LogP contribution in [0.2, 0.25) is 0 Å². The third-order valence-corrected chi connectivity index (χ3v) is 4.16. The molecule has 0 saturated heterocycles. The van der Waals surface area contributed by atoms with Crippen LogP contribution < -0.4 is 4.72 Å². The van der Waals surface area contributed by atoms with Gasteiger partial charge >= 0.3 is 6.18 Å². The van der Waals surface area contributed by atoms with Crippen molar-refractivity contribution >= 4 is 26.0 Å². The maximum atomic E-state index is 11.9. The monoisotopic (exact) mass is 359 g/mol. The summed E-state index contributed by atoms with van der Waals surface area (Å²) in [5, 5.41) is 0. The second-order valence-electron chi connectivity index (χ2n) is 3.99. The van der Waals surface area contributed by atoms with Crippen molar-refractivity contribution in [3.05, 3.63) is 34.3 Å². The maximum absolute atomic E-state index is 11.9. The highest BCUT2D eigenvalue weighted by atomic mass is 79.9. The summed E-state index contributed by atoms with van der Waals surface area (Å²) in [6.45, 7) is 0.0633. The van der Waals surface area contributed by atoms with Crippen molar-refractivity contribution in [1.82, 2.24) is 4.72 Å². The fraction of sp³-hybridized carbons (Fsp3) is 0.455. The molecule has 0 aliphatic carbocycles. The maximum Gasteiger partial charge on any atom is 0.389 e. The van der Waals surface area contributed by atoms with Crippen molar-refractivity contribution in [3.8, 4) is 0 Å². The molecule has 0 aliphatic heterocycles. The number of hydrogen-bond acceptors (Lipinski definition) is 2. The molecule has 1 rings (SSSR count). The molecule has 19 heavy (non-hydrogen) atoms. The zero-order valence-corrected chi connectivity index (χ0v) is 12.3. The summed E-state index contributed by atoms with van der Waals surface area (Å²) in [4.78, 5) is 0. The zero-order chi connectivity index (χ0) is 14.5. The molecule has 0 amide bonds. The molecule has 1 N–H and O–H groups in total. The lowest BCUT2D eigenvalue weighted by Crippen LogP contribution is -2.26. The number of halogens is 4. The molecule has 8 heteroatoms. The van der Waals surface area contributed by atoms with Crippen LogP contribution in [0.1, 0.15) is 18.4 Å². The van der Waals surface area contributed by atoms with Gasteiger partial charge in [0.05, 0.1) is 5.75 Å². The zero-order valence-electron chi connectivity index (χ0n) is 9.87. The summed E-state index contributed by atoms with van der Waals surface area (Å²) in [7, 11) is -3.68. The van der Waals surface area contributed by atoms with Crippen molar-refractivity contribution in [2.75, 3.05) is 5.75 Å². The lowest BCUT2D eigenvalue weighted by Gasteiger charge is -2.08. The van der Waals surface area contributed by atoms with Gasteiger partial charge in [-0.05, 0) is 24.1 Å². The Hall–Kier alpha value is -0.600. The highest BCUT2D eigenvalue weighted by molar-refractivity contribution is 9.10. The summed E-state index contributed by atoms with van der Waals surface area (Å²) in [6.07, 6.45) is -5.85. The van der Waals surface area contributed by atoms with Crippen molar-refractivity contribution in [1.29, 1.82) is 0 Å². The molecule has 3 nitrogen and oxygen atoms in total. The Labute approximate surface area is 118 Å². The van der Waals surface area contributed by atoms with Crippen molar-refractivity contribution in [2.24, 2.45) is 0 Å². The van der Waals surface area contributed by atoms with E-state index in [9.17, 15) is 21.6 Å². The lowest BCUT2D eigenvalue weighted by atomic mass is 10.2. The normalized spacial score (nSPS) is 12.6. The van der Waals surface area contributed by atoms with E-state index >= 15 is 0 Å². The molecule has 0 unspecified atom stereocenters. The SMILES string of the molecule is O=S(=O)(CCCC(F)(F)F)NCc1cccc(Br)c1. The Morgan fingerprint density at radius 2 is 1.95 bits per heavy atom. The van der Waals surface area contributed by atoms with Crippen LogP contribution in [0.15, 0.2) is 28.7 Å². The van der Waals surface area contributed by atoms with Gasteiger partial charge < -0.3 is 0 Å². The van der Waals surface area contributed by atoms with Crippen LogP contribution in [0.5, 0.6) is 0 Å². The molecule has 0 atom stereocenters. The number of rotatable bonds is 6. The third kappa shape index (κ3) is 7.54. The van der Waals surface area contributed by atoms with E-state index in [0.29, 0.717) is 0 Å². The second kappa shape index (κ2) is 6.71. The average molecular weight is 360 g/mol. The molecule has 1 aromatic carbocycles. The van der Waals surface area contributed by atoms with Crippen LogP contribution in [-0.2, 0) is 16.6 Å². The van der Waals surface area contributed by atoms with E-state index in [1.807, 2.05) is 0 Å². The molecule has 0 fully saturated rings. The number of benzene rings is 1. The fourth-order valence-corrected chi connectivity index (χ4v) is 2.88. The Kier molecular flexibility index (Phi) is 5.82. The van der Waals surface area contributed by atoms with E-state index < -0.39 is 34.8 Å². The third-order valence-electron chi connectivity index (χ3n) is 2.26. The van der Waals surface area contributed by atoms with Gasteiger partial charge in [0.1, 0.15) is 0 Å². The molecule has 1 aromatic rings. The predicted molar refractivity (Wildman–Crippen MR) is 70.1 cm³/mol. The Balaban J connectivity index is 2.43. The minimum atomic E-state index is -4.32. The molecule has 0 radical (unpaired) electrons. The highest BCUT2D eigenvalue weighted by Gasteiger charge is 2.27. The van der Waals surface area contributed by atoms with Crippen LogP contribution in [0.3, 0.4) is 0 Å². The summed E-state index contributed by atoms with van der Waals surface area (Å²) < 4.78 is 61.8. The number of alkyl halides is 3. The standard InChI is InChI=1S/C11H13BrF3NO2S/c12-10-4-1-3-9(7-10)8-16-19(17,18)6-2-5-11(13,14)15/h1,3-4,7,16H,2,5-6,8H2. The van der Waals surface area contributed by atoms with Gasteiger partial charge in [-0.3, -0.25) is 0 Å². The second-order valence-corrected chi connectivity index (χ2v) is 6.83. The van der Waals surface area contributed by atoms with Gasteiger partial charge in [-0.25, -0.2) is 13.1 Å². The molecular formula is C11H13BrF3NO2S. The first-order chi connectivity index (χ1) is 8.68. The molecule has 0 spiro atoms. The van der Waals surface area contributed by atoms with E-state index in [0.717, 1.165) is 10.0 Å². The fourth-order valence-electron chi connectivity index (χ4n) is 1.38. The first-order valence-corrected chi connectivity index (χ1v) is 7.91. The van der Waals surface area contributed by atoms with E-state index in [2.05, 4.69) is 20.7 Å². The van der Waals surface area contributed by atoms with Crippen LogP contribution in [0.4, 0.5) is 13.2 Å². The van der Waals surface area contributed by atoms with E-state index in [-0.39, 0.29) is 6.54 Å². The highest BCUT2D eigenvalue weighted by Crippen LogP contribution is 2.21. The minimum Gasteiger partial charge on any atom is -0.212 e. The lowest BCUT2D eigenvalue weighted by molar-refractivity contribution is -0.134. The Morgan fingerprint density at radius 3 is 2.53 bits per heavy atom. The Bertz CT molecular complexity index is 517. The van der Waals surface area contributed by atoms with Gasteiger partial charge in [0.25, 0.3) is 0 Å². The molecule has 0 aliphatic rings. The van der Waals surface area contributed by atoms with Crippen molar-refractivity contribution in [2.45, 2.75) is 25.6 Å². The summed E-state index contributed by atoms with van der Waals surface area (Å²) >= 11 is 3.24. The van der Waals surface area contributed by atoms with E-state index in [1.54, 1.807) is 24.3 Å². The quantitative estimate of drug-likeness (QED) is 0.847. The van der Waals surface area contributed by atoms with Gasteiger partial charge in [-0.1, -0.05) is 28.1 Å².